The summed E-state index contributed by atoms with van der Waals surface area (Å²) in [6.07, 6.45) is 1.03. The van der Waals surface area contributed by atoms with Gasteiger partial charge in [-0.15, -0.1) is 10.2 Å². The summed E-state index contributed by atoms with van der Waals surface area (Å²) in [6, 6.07) is 6.86. The van der Waals surface area contributed by atoms with Crippen LogP contribution in [0.25, 0.3) is 0 Å². The molecule has 0 unspecified atom stereocenters. The first kappa shape index (κ1) is 16.5. The van der Waals surface area contributed by atoms with Gasteiger partial charge in [-0.25, -0.2) is 8.42 Å². The van der Waals surface area contributed by atoms with E-state index in [9.17, 15) is 8.42 Å². The van der Waals surface area contributed by atoms with Crippen LogP contribution in [0, 0.1) is 0 Å². The molecule has 0 aliphatic rings. The second kappa shape index (κ2) is 7.44. The molecule has 1 heterocycles. The van der Waals surface area contributed by atoms with Crippen molar-refractivity contribution in [1.82, 2.24) is 10.2 Å². The maximum atomic E-state index is 12.1. The third-order valence-electron chi connectivity index (χ3n) is 2.38. The van der Waals surface area contributed by atoms with Crippen molar-refractivity contribution in [2.75, 3.05) is 10.5 Å². The molecule has 1 N–H and O–H groups in total. The smallest absolute Gasteiger partial charge is 0.238 e. The minimum absolute atomic E-state index is 0.191. The normalized spacial score (nSPS) is 11.5. The molecule has 0 aliphatic heterocycles. The highest BCUT2D eigenvalue weighted by atomic mass is 35.5. The van der Waals surface area contributed by atoms with E-state index < -0.39 is 10.0 Å². The molecule has 1 aromatic heterocycles. The van der Waals surface area contributed by atoms with Crippen molar-refractivity contribution in [1.29, 1.82) is 0 Å². The number of hydrogen-bond donors (Lipinski definition) is 1. The number of thioether (sulfide) groups is 1. The summed E-state index contributed by atoms with van der Waals surface area (Å²) < 4.78 is 27.4. The van der Waals surface area contributed by atoms with E-state index in [2.05, 4.69) is 21.8 Å². The van der Waals surface area contributed by atoms with Crippen LogP contribution in [-0.4, -0.2) is 24.4 Å². The number of rotatable bonds is 7. The van der Waals surface area contributed by atoms with Crippen LogP contribution < -0.4 is 4.72 Å². The Morgan fingerprint density at radius 3 is 2.81 bits per heavy atom. The molecule has 0 atom stereocenters. The Bertz CT molecular complexity index is 703. The van der Waals surface area contributed by atoms with E-state index in [0.29, 0.717) is 10.6 Å². The van der Waals surface area contributed by atoms with Crippen LogP contribution >= 0.6 is 34.7 Å². The number of anilines is 1. The largest absolute Gasteiger partial charge is 0.257 e. The summed E-state index contributed by atoms with van der Waals surface area (Å²) in [5.41, 5.74) is 0.553. The molecule has 114 valence electrons. The molecule has 21 heavy (non-hydrogen) atoms. The van der Waals surface area contributed by atoms with Crippen molar-refractivity contribution >= 4 is 49.9 Å². The molecule has 0 fully saturated rings. The lowest BCUT2D eigenvalue weighted by Gasteiger charge is -2.06. The Morgan fingerprint density at radius 1 is 1.33 bits per heavy atom. The summed E-state index contributed by atoms with van der Waals surface area (Å²) >= 11 is 8.77. The zero-order valence-corrected chi connectivity index (χ0v) is 14.4. The highest BCUT2D eigenvalue weighted by molar-refractivity contribution is 8.01. The topological polar surface area (TPSA) is 72.0 Å². The first-order chi connectivity index (χ1) is 10.00. The van der Waals surface area contributed by atoms with Crippen LogP contribution in [0.15, 0.2) is 28.6 Å². The van der Waals surface area contributed by atoms with Gasteiger partial charge in [0, 0.05) is 10.8 Å². The Balaban J connectivity index is 2.04. The van der Waals surface area contributed by atoms with Crippen LogP contribution in [-0.2, 0) is 15.8 Å². The number of nitrogens with zero attached hydrogens (tertiary/aromatic N) is 2. The zero-order chi connectivity index (χ0) is 15.3. The van der Waals surface area contributed by atoms with Gasteiger partial charge in [-0.05, 0) is 18.1 Å². The summed E-state index contributed by atoms with van der Waals surface area (Å²) in [7, 11) is -3.55. The second-order valence-corrected chi connectivity index (χ2v) is 8.62. The van der Waals surface area contributed by atoms with Gasteiger partial charge in [0.05, 0.1) is 5.75 Å². The Morgan fingerprint density at radius 2 is 2.10 bits per heavy atom. The lowest BCUT2D eigenvalue weighted by Crippen LogP contribution is -2.15. The van der Waals surface area contributed by atoms with Crippen molar-refractivity contribution in [2.45, 2.75) is 23.4 Å². The monoisotopic (exact) mass is 363 g/mol. The number of benzene rings is 1. The SMILES string of the molecule is CCCSc1nnc(NS(=O)(=O)Cc2ccccc2Cl)s1. The molecule has 0 saturated carbocycles. The third kappa shape index (κ3) is 5.14. The van der Waals surface area contributed by atoms with Crippen LogP contribution in [0.3, 0.4) is 0 Å². The van der Waals surface area contributed by atoms with E-state index >= 15 is 0 Å². The van der Waals surface area contributed by atoms with Gasteiger partial charge < -0.3 is 0 Å². The minimum atomic E-state index is -3.55. The van der Waals surface area contributed by atoms with E-state index in [0.717, 1.165) is 16.5 Å². The molecule has 0 bridgehead atoms. The molecule has 0 amide bonds. The minimum Gasteiger partial charge on any atom is -0.257 e. The van der Waals surface area contributed by atoms with Crippen LogP contribution in [0.4, 0.5) is 5.13 Å². The van der Waals surface area contributed by atoms with E-state index in [1.165, 1.54) is 11.3 Å². The molecule has 0 aliphatic carbocycles. The van der Waals surface area contributed by atoms with Crippen molar-refractivity contribution in [2.24, 2.45) is 0 Å². The standard InChI is InChI=1S/C12H14ClN3O2S3/c1-2-7-19-12-15-14-11(20-12)16-21(17,18)8-9-5-3-4-6-10(9)13/h3-6H,2,7-8H2,1H3,(H,14,16). The van der Waals surface area contributed by atoms with Crippen LogP contribution in [0.5, 0.6) is 0 Å². The molecule has 0 saturated heterocycles. The van der Waals surface area contributed by atoms with Crippen molar-refractivity contribution in [3.63, 3.8) is 0 Å². The van der Waals surface area contributed by atoms with Gasteiger partial charge in [0.2, 0.25) is 15.2 Å². The second-order valence-electron chi connectivity index (χ2n) is 4.17. The number of aromatic nitrogens is 2. The van der Waals surface area contributed by atoms with Crippen molar-refractivity contribution in [3.05, 3.63) is 34.9 Å². The van der Waals surface area contributed by atoms with Gasteiger partial charge in [0.15, 0.2) is 4.34 Å². The van der Waals surface area contributed by atoms with Crippen molar-refractivity contribution in [3.8, 4) is 0 Å². The zero-order valence-electron chi connectivity index (χ0n) is 11.2. The fraction of sp³-hybridized carbons (Fsp3) is 0.333. The number of halogens is 1. The molecule has 1 aromatic carbocycles. The average molecular weight is 364 g/mol. The predicted octanol–water partition coefficient (Wildman–Crippen LogP) is 3.64. The number of nitrogens with one attached hydrogen (secondary N) is 1. The Labute approximate surface area is 137 Å². The van der Waals surface area contributed by atoms with E-state index in [1.807, 2.05) is 0 Å². The molecule has 0 spiro atoms. The highest BCUT2D eigenvalue weighted by Crippen LogP contribution is 2.27. The number of sulfonamides is 1. The molecular weight excluding hydrogens is 350 g/mol. The van der Waals surface area contributed by atoms with Gasteiger partial charge in [0.1, 0.15) is 0 Å². The first-order valence-corrected chi connectivity index (χ1v) is 10.0. The molecule has 2 rings (SSSR count). The fourth-order valence-electron chi connectivity index (χ4n) is 1.49. The third-order valence-corrected chi connectivity index (χ3v) is 6.25. The van der Waals surface area contributed by atoms with Gasteiger partial charge >= 0.3 is 0 Å². The average Bonchev–Trinajstić information content (AvgIpc) is 2.85. The Kier molecular flexibility index (Phi) is 5.86. The van der Waals surface area contributed by atoms with Gasteiger partial charge in [-0.3, -0.25) is 4.72 Å². The predicted molar refractivity (Wildman–Crippen MR) is 88.6 cm³/mol. The molecule has 9 heteroatoms. The summed E-state index contributed by atoms with van der Waals surface area (Å²) in [4.78, 5) is 0. The van der Waals surface area contributed by atoms with E-state index in [4.69, 9.17) is 11.6 Å². The molecule has 0 radical (unpaired) electrons. The molecule has 2 aromatic rings. The highest BCUT2D eigenvalue weighted by Gasteiger charge is 2.16. The summed E-state index contributed by atoms with van der Waals surface area (Å²) in [5.74, 6) is 0.741. The fourth-order valence-corrected chi connectivity index (χ4v) is 4.89. The lowest BCUT2D eigenvalue weighted by molar-refractivity contribution is 0.600. The maximum Gasteiger partial charge on any atom is 0.238 e. The summed E-state index contributed by atoms with van der Waals surface area (Å²) in [6.45, 7) is 2.07. The maximum absolute atomic E-state index is 12.1. The van der Waals surface area contributed by atoms with Crippen LogP contribution in [0.2, 0.25) is 5.02 Å². The quantitative estimate of drug-likeness (QED) is 0.760. The van der Waals surface area contributed by atoms with Gasteiger partial charge in [0.25, 0.3) is 0 Å². The first-order valence-electron chi connectivity index (χ1n) is 6.20. The van der Waals surface area contributed by atoms with Gasteiger partial charge in [-0.1, -0.05) is 59.8 Å². The number of hydrogen-bond acceptors (Lipinski definition) is 6. The van der Waals surface area contributed by atoms with E-state index in [1.54, 1.807) is 36.0 Å². The van der Waals surface area contributed by atoms with Crippen molar-refractivity contribution < 1.29 is 8.42 Å². The summed E-state index contributed by atoms with van der Waals surface area (Å²) in [5, 5.41) is 8.49. The van der Waals surface area contributed by atoms with Gasteiger partial charge in [-0.2, -0.15) is 0 Å². The Hall–Kier alpha value is -0.830. The van der Waals surface area contributed by atoms with E-state index in [-0.39, 0.29) is 10.9 Å². The molecule has 5 nitrogen and oxygen atoms in total. The lowest BCUT2D eigenvalue weighted by atomic mass is 10.2. The van der Waals surface area contributed by atoms with Crippen LogP contribution in [0.1, 0.15) is 18.9 Å². The molecular formula is C12H14ClN3O2S3.